The number of aryl methyl sites for hydroxylation is 2. The van der Waals surface area contributed by atoms with Gasteiger partial charge < -0.3 is 10.4 Å². The van der Waals surface area contributed by atoms with Crippen LogP contribution in [0.5, 0.6) is 0 Å². The molecule has 2 rings (SSSR count). The van der Waals surface area contributed by atoms with Crippen molar-refractivity contribution in [2.45, 2.75) is 33.6 Å². The Morgan fingerprint density at radius 2 is 1.81 bits per heavy atom. The van der Waals surface area contributed by atoms with Crippen LogP contribution in [0.2, 0.25) is 0 Å². The van der Waals surface area contributed by atoms with Crippen molar-refractivity contribution in [3.63, 3.8) is 0 Å². The standard InChI is InChI=1S/C17H20N2O2/c1-10(2)13-5-7-14(8-6-13)19-16-15(17(20)21)11(3)9-12(4)18-16/h5-10H,1-4H3,(H,18,19)(H,20,21). The second-order valence-electron chi connectivity index (χ2n) is 5.51. The number of pyridine rings is 1. The zero-order chi connectivity index (χ0) is 15.6. The van der Waals surface area contributed by atoms with Gasteiger partial charge in [0.1, 0.15) is 11.4 Å². The Balaban J connectivity index is 2.37. The first kappa shape index (κ1) is 15.0. The summed E-state index contributed by atoms with van der Waals surface area (Å²) in [6.45, 7) is 7.91. The molecule has 1 heterocycles. The van der Waals surface area contributed by atoms with Crippen molar-refractivity contribution >= 4 is 17.5 Å². The fraction of sp³-hybridized carbons (Fsp3) is 0.294. The number of hydrogen-bond donors (Lipinski definition) is 2. The number of nitrogens with one attached hydrogen (secondary N) is 1. The Labute approximate surface area is 124 Å². The van der Waals surface area contributed by atoms with Crippen molar-refractivity contribution in [1.29, 1.82) is 0 Å². The predicted octanol–water partition coefficient (Wildman–Crippen LogP) is 4.26. The van der Waals surface area contributed by atoms with Crippen molar-refractivity contribution in [2.75, 3.05) is 5.32 Å². The van der Waals surface area contributed by atoms with E-state index in [1.807, 2.05) is 31.2 Å². The van der Waals surface area contributed by atoms with Crippen LogP contribution >= 0.6 is 0 Å². The molecule has 1 aromatic heterocycles. The minimum Gasteiger partial charge on any atom is -0.478 e. The molecule has 2 N–H and O–H groups in total. The van der Waals surface area contributed by atoms with Gasteiger partial charge in [0.05, 0.1) is 0 Å². The van der Waals surface area contributed by atoms with Crippen LogP contribution in [0.25, 0.3) is 0 Å². The molecule has 1 aromatic carbocycles. The second-order valence-corrected chi connectivity index (χ2v) is 5.51. The summed E-state index contributed by atoms with van der Waals surface area (Å²) in [7, 11) is 0. The van der Waals surface area contributed by atoms with Crippen molar-refractivity contribution in [2.24, 2.45) is 0 Å². The number of carbonyl (C=O) groups is 1. The molecular weight excluding hydrogens is 264 g/mol. The smallest absolute Gasteiger partial charge is 0.339 e. The number of aromatic carboxylic acids is 1. The lowest BCUT2D eigenvalue weighted by atomic mass is 10.0. The second kappa shape index (κ2) is 5.95. The van der Waals surface area contributed by atoms with Gasteiger partial charge in [0.15, 0.2) is 0 Å². The van der Waals surface area contributed by atoms with Crippen LogP contribution in [-0.4, -0.2) is 16.1 Å². The molecule has 0 unspecified atom stereocenters. The van der Waals surface area contributed by atoms with Crippen molar-refractivity contribution in [1.82, 2.24) is 4.98 Å². The third-order valence-corrected chi connectivity index (χ3v) is 3.40. The summed E-state index contributed by atoms with van der Waals surface area (Å²) in [6, 6.07) is 9.74. The normalized spacial score (nSPS) is 10.7. The molecule has 0 aliphatic carbocycles. The van der Waals surface area contributed by atoms with Gasteiger partial charge in [-0.05, 0) is 49.1 Å². The van der Waals surface area contributed by atoms with E-state index in [0.717, 1.165) is 11.4 Å². The Morgan fingerprint density at radius 3 is 2.33 bits per heavy atom. The monoisotopic (exact) mass is 284 g/mol. The topological polar surface area (TPSA) is 62.2 Å². The molecule has 0 bridgehead atoms. The lowest BCUT2D eigenvalue weighted by Gasteiger charge is -2.13. The highest BCUT2D eigenvalue weighted by Crippen LogP contribution is 2.24. The van der Waals surface area contributed by atoms with Crippen LogP contribution < -0.4 is 5.32 Å². The highest BCUT2D eigenvalue weighted by Gasteiger charge is 2.15. The van der Waals surface area contributed by atoms with Gasteiger partial charge >= 0.3 is 5.97 Å². The van der Waals surface area contributed by atoms with Gasteiger partial charge in [0.25, 0.3) is 0 Å². The van der Waals surface area contributed by atoms with E-state index in [4.69, 9.17) is 0 Å². The molecule has 0 aliphatic rings. The van der Waals surface area contributed by atoms with Crippen molar-refractivity contribution < 1.29 is 9.90 Å². The highest BCUT2D eigenvalue weighted by molar-refractivity contribution is 5.95. The zero-order valence-corrected chi connectivity index (χ0v) is 12.8. The lowest BCUT2D eigenvalue weighted by molar-refractivity contribution is 0.0697. The number of aromatic nitrogens is 1. The molecule has 2 aromatic rings. The van der Waals surface area contributed by atoms with Gasteiger partial charge in [0, 0.05) is 11.4 Å². The van der Waals surface area contributed by atoms with E-state index in [2.05, 4.69) is 24.1 Å². The summed E-state index contributed by atoms with van der Waals surface area (Å²) < 4.78 is 0. The average molecular weight is 284 g/mol. The Kier molecular flexibility index (Phi) is 4.26. The van der Waals surface area contributed by atoms with Crippen LogP contribution in [0.4, 0.5) is 11.5 Å². The van der Waals surface area contributed by atoms with Gasteiger partial charge in [-0.1, -0.05) is 26.0 Å². The Bertz CT molecular complexity index is 661. The summed E-state index contributed by atoms with van der Waals surface area (Å²) in [6.07, 6.45) is 0. The first-order valence-electron chi connectivity index (χ1n) is 6.97. The van der Waals surface area contributed by atoms with Crippen LogP contribution in [0.3, 0.4) is 0 Å². The summed E-state index contributed by atoms with van der Waals surface area (Å²) in [5, 5.41) is 12.5. The van der Waals surface area contributed by atoms with E-state index >= 15 is 0 Å². The fourth-order valence-corrected chi connectivity index (χ4v) is 2.29. The fourth-order valence-electron chi connectivity index (χ4n) is 2.29. The minimum absolute atomic E-state index is 0.216. The average Bonchev–Trinajstić information content (AvgIpc) is 2.37. The maximum Gasteiger partial charge on any atom is 0.339 e. The molecule has 0 atom stereocenters. The van der Waals surface area contributed by atoms with E-state index in [9.17, 15) is 9.90 Å². The molecule has 4 nitrogen and oxygen atoms in total. The highest BCUT2D eigenvalue weighted by atomic mass is 16.4. The molecule has 0 radical (unpaired) electrons. The van der Waals surface area contributed by atoms with E-state index in [1.165, 1.54) is 5.56 Å². The SMILES string of the molecule is Cc1cc(C)c(C(=O)O)c(Nc2ccc(C(C)C)cc2)n1. The Morgan fingerprint density at radius 1 is 1.19 bits per heavy atom. The van der Waals surface area contributed by atoms with E-state index in [0.29, 0.717) is 17.3 Å². The van der Waals surface area contributed by atoms with Crippen molar-refractivity contribution in [3.05, 3.63) is 52.7 Å². The van der Waals surface area contributed by atoms with Gasteiger partial charge in [-0.15, -0.1) is 0 Å². The summed E-state index contributed by atoms with van der Waals surface area (Å²) in [4.78, 5) is 15.7. The van der Waals surface area contributed by atoms with E-state index in [1.54, 1.807) is 13.0 Å². The molecule has 110 valence electrons. The number of carboxylic acids is 1. The van der Waals surface area contributed by atoms with Gasteiger partial charge in [-0.3, -0.25) is 0 Å². The number of rotatable bonds is 4. The molecule has 0 saturated heterocycles. The molecule has 0 saturated carbocycles. The third kappa shape index (κ3) is 3.40. The van der Waals surface area contributed by atoms with Crippen LogP contribution in [0.1, 0.15) is 46.9 Å². The maximum atomic E-state index is 11.4. The number of anilines is 2. The summed E-state index contributed by atoms with van der Waals surface area (Å²) in [5.74, 6) is -0.119. The third-order valence-electron chi connectivity index (χ3n) is 3.40. The number of benzene rings is 1. The van der Waals surface area contributed by atoms with Gasteiger partial charge in [0.2, 0.25) is 0 Å². The molecule has 0 fully saturated rings. The van der Waals surface area contributed by atoms with E-state index in [-0.39, 0.29) is 5.56 Å². The molecule has 4 heteroatoms. The van der Waals surface area contributed by atoms with Crippen LogP contribution in [-0.2, 0) is 0 Å². The molecule has 21 heavy (non-hydrogen) atoms. The predicted molar refractivity (Wildman–Crippen MR) is 84.5 cm³/mol. The molecule has 0 amide bonds. The van der Waals surface area contributed by atoms with Gasteiger partial charge in [-0.2, -0.15) is 0 Å². The molecule has 0 spiro atoms. The number of nitrogens with zero attached hydrogens (tertiary/aromatic N) is 1. The summed E-state index contributed by atoms with van der Waals surface area (Å²) in [5.41, 5.74) is 3.79. The van der Waals surface area contributed by atoms with E-state index < -0.39 is 5.97 Å². The maximum absolute atomic E-state index is 11.4. The first-order valence-corrected chi connectivity index (χ1v) is 6.97. The quantitative estimate of drug-likeness (QED) is 0.880. The first-order chi connectivity index (χ1) is 9.88. The minimum atomic E-state index is -0.971. The number of carboxylic acid groups (broad SMARTS) is 1. The number of hydrogen-bond acceptors (Lipinski definition) is 3. The molecular formula is C17H20N2O2. The van der Waals surface area contributed by atoms with Crippen molar-refractivity contribution in [3.8, 4) is 0 Å². The lowest BCUT2D eigenvalue weighted by Crippen LogP contribution is -2.08. The zero-order valence-electron chi connectivity index (χ0n) is 12.8. The largest absolute Gasteiger partial charge is 0.478 e. The van der Waals surface area contributed by atoms with Gasteiger partial charge in [-0.25, -0.2) is 9.78 Å². The Hall–Kier alpha value is -2.36. The van der Waals surface area contributed by atoms with Crippen LogP contribution in [0, 0.1) is 13.8 Å². The van der Waals surface area contributed by atoms with Crippen LogP contribution in [0.15, 0.2) is 30.3 Å². The summed E-state index contributed by atoms with van der Waals surface area (Å²) >= 11 is 0. The molecule has 0 aliphatic heterocycles.